The Balaban J connectivity index is 0.00000484. The number of rotatable bonds is 7. The standard InChI is InChI=1S/C14H21FN2O4S.ClH/c1-4-14(5-2,9-16)17-22(19,20)12-7-6-10(15)8-11(12)13(18)21-3;/h6-8,17H,4-5,9,16H2,1-3H3;1H. The highest BCUT2D eigenvalue weighted by Crippen LogP contribution is 2.22. The summed E-state index contributed by atoms with van der Waals surface area (Å²) in [5, 5.41) is 0. The predicted octanol–water partition coefficient (Wildman–Crippen LogP) is 1.83. The van der Waals surface area contributed by atoms with E-state index in [-0.39, 0.29) is 29.4 Å². The molecular weight excluding hydrogens is 347 g/mol. The summed E-state index contributed by atoms with van der Waals surface area (Å²) in [4.78, 5) is 11.4. The fourth-order valence-electron chi connectivity index (χ4n) is 2.07. The van der Waals surface area contributed by atoms with Crippen molar-refractivity contribution in [1.82, 2.24) is 4.72 Å². The molecule has 1 aromatic rings. The third-order valence-electron chi connectivity index (χ3n) is 3.73. The molecule has 0 unspecified atom stereocenters. The van der Waals surface area contributed by atoms with Crippen LogP contribution < -0.4 is 10.5 Å². The Bertz CT molecular complexity index is 640. The zero-order chi connectivity index (χ0) is 17.0. The van der Waals surface area contributed by atoms with Gasteiger partial charge in [-0.05, 0) is 31.0 Å². The molecule has 0 heterocycles. The molecule has 0 atom stereocenters. The zero-order valence-electron chi connectivity index (χ0n) is 13.3. The maximum atomic E-state index is 13.3. The largest absolute Gasteiger partial charge is 0.465 e. The van der Waals surface area contributed by atoms with Crippen LogP contribution in [0.4, 0.5) is 4.39 Å². The van der Waals surface area contributed by atoms with Crippen molar-refractivity contribution < 1.29 is 22.3 Å². The van der Waals surface area contributed by atoms with Gasteiger partial charge in [0.05, 0.1) is 17.6 Å². The van der Waals surface area contributed by atoms with Crippen LogP contribution in [0.1, 0.15) is 37.0 Å². The smallest absolute Gasteiger partial charge is 0.339 e. The number of esters is 1. The summed E-state index contributed by atoms with van der Waals surface area (Å²) in [7, 11) is -2.96. The molecule has 1 rings (SSSR count). The molecule has 0 aliphatic rings. The number of nitrogens with one attached hydrogen (secondary N) is 1. The number of carbonyl (C=O) groups excluding carboxylic acids is 1. The Morgan fingerprint density at radius 1 is 1.35 bits per heavy atom. The SMILES string of the molecule is CCC(CC)(CN)NS(=O)(=O)c1ccc(F)cc1C(=O)OC.Cl. The minimum Gasteiger partial charge on any atom is -0.465 e. The lowest BCUT2D eigenvalue weighted by molar-refractivity contribution is 0.0595. The van der Waals surface area contributed by atoms with Crippen molar-refractivity contribution in [2.45, 2.75) is 37.1 Å². The highest BCUT2D eigenvalue weighted by atomic mass is 35.5. The first-order valence-electron chi connectivity index (χ1n) is 6.87. The van der Waals surface area contributed by atoms with Crippen molar-refractivity contribution in [2.75, 3.05) is 13.7 Å². The first kappa shape index (κ1) is 21.8. The van der Waals surface area contributed by atoms with Crippen molar-refractivity contribution in [2.24, 2.45) is 5.73 Å². The Labute approximate surface area is 142 Å². The Hall–Kier alpha value is -1.22. The van der Waals surface area contributed by atoms with Crippen molar-refractivity contribution in [3.05, 3.63) is 29.6 Å². The third-order valence-corrected chi connectivity index (χ3v) is 5.37. The van der Waals surface area contributed by atoms with Crippen molar-refractivity contribution in [3.63, 3.8) is 0 Å². The number of sulfonamides is 1. The average Bonchev–Trinajstić information content (AvgIpc) is 2.51. The van der Waals surface area contributed by atoms with Gasteiger partial charge in [-0.3, -0.25) is 0 Å². The number of nitrogens with two attached hydrogens (primary N) is 1. The van der Waals surface area contributed by atoms with Gasteiger partial charge < -0.3 is 10.5 Å². The first-order valence-corrected chi connectivity index (χ1v) is 8.35. The normalized spacial score (nSPS) is 11.7. The van der Waals surface area contributed by atoms with Crippen LogP contribution >= 0.6 is 12.4 Å². The molecule has 0 spiro atoms. The molecular formula is C14H22ClFN2O4S. The number of carbonyl (C=O) groups is 1. The summed E-state index contributed by atoms with van der Waals surface area (Å²) >= 11 is 0. The van der Waals surface area contributed by atoms with Crippen LogP contribution in [0.15, 0.2) is 23.1 Å². The number of hydrogen-bond acceptors (Lipinski definition) is 5. The topological polar surface area (TPSA) is 98.5 Å². The third kappa shape index (κ3) is 4.87. The van der Waals surface area contributed by atoms with Crippen molar-refractivity contribution >= 4 is 28.4 Å². The molecule has 0 saturated carbocycles. The van der Waals surface area contributed by atoms with E-state index in [4.69, 9.17) is 5.73 Å². The van der Waals surface area contributed by atoms with Gasteiger partial charge in [0.15, 0.2) is 0 Å². The second-order valence-electron chi connectivity index (χ2n) is 4.93. The van der Waals surface area contributed by atoms with Gasteiger partial charge in [-0.2, -0.15) is 0 Å². The maximum Gasteiger partial charge on any atom is 0.339 e. The molecule has 0 aliphatic carbocycles. The van der Waals surface area contributed by atoms with E-state index in [0.717, 1.165) is 25.3 Å². The summed E-state index contributed by atoms with van der Waals surface area (Å²) in [6, 6.07) is 2.85. The van der Waals surface area contributed by atoms with Crippen LogP contribution in [0.5, 0.6) is 0 Å². The van der Waals surface area contributed by atoms with Gasteiger partial charge in [0.1, 0.15) is 5.82 Å². The van der Waals surface area contributed by atoms with E-state index in [9.17, 15) is 17.6 Å². The first-order chi connectivity index (χ1) is 10.2. The maximum absolute atomic E-state index is 13.3. The lowest BCUT2D eigenvalue weighted by Gasteiger charge is -2.31. The summed E-state index contributed by atoms with van der Waals surface area (Å²) in [5.74, 6) is -1.65. The van der Waals surface area contributed by atoms with Crippen LogP contribution in [-0.2, 0) is 14.8 Å². The number of benzene rings is 1. The van der Waals surface area contributed by atoms with Crippen molar-refractivity contribution in [1.29, 1.82) is 0 Å². The Morgan fingerprint density at radius 3 is 2.35 bits per heavy atom. The summed E-state index contributed by atoms with van der Waals surface area (Å²) < 4.78 is 45.5. The van der Waals surface area contributed by atoms with Gasteiger partial charge in [-0.15, -0.1) is 12.4 Å². The zero-order valence-corrected chi connectivity index (χ0v) is 14.9. The molecule has 0 bridgehead atoms. The van der Waals surface area contributed by atoms with Crippen LogP contribution in [0.25, 0.3) is 0 Å². The van der Waals surface area contributed by atoms with Gasteiger partial charge in [0, 0.05) is 12.1 Å². The number of halogens is 2. The van der Waals surface area contributed by atoms with Gasteiger partial charge in [0.2, 0.25) is 10.0 Å². The molecule has 0 radical (unpaired) electrons. The van der Waals surface area contributed by atoms with E-state index in [1.165, 1.54) is 0 Å². The molecule has 132 valence electrons. The number of ether oxygens (including phenoxy) is 1. The molecule has 0 fully saturated rings. The molecule has 0 amide bonds. The van der Waals surface area contributed by atoms with E-state index in [2.05, 4.69) is 9.46 Å². The van der Waals surface area contributed by atoms with Crippen LogP contribution in [-0.4, -0.2) is 33.6 Å². The Morgan fingerprint density at radius 2 is 1.91 bits per heavy atom. The summed E-state index contributed by atoms with van der Waals surface area (Å²) in [6.07, 6.45) is 0.960. The monoisotopic (exact) mass is 368 g/mol. The second kappa shape index (κ2) is 8.58. The lowest BCUT2D eigenvalue weighted by atomic mass is 9.95. The minimum absolute atomic E-state index is 0. The molecule has 0 aliphatic heterocycles. The highest BCUT2D eigenvalue weighted by molar-refractivity contribution is 7.89. The fourth-order valence-corrected chi connectivity index (χ4v) is 3.80. The van der Waals surface area contributed by atoms with Gasteiger partial charge in [0.25, 0.3) is 0 Å². The second-order valence-corrected chi connectivity index (χ2v) is 6.58. The molecule has 0 saturated heterocycles. The van der Waals surface area contributed by atoms with E-state index in [1.807, 2.05) is 13.8 Å². The van der Waals surface area contributed by atoms with E-state index in [0.29, 0.717) is 12.8 Å². The molecule has 23 heavy (non-hydrogen) atoms. The lowest BCUT2D eigenvalue weighted by Crippen LogP contribution is -2.52. The predicted molar refractivity (Wildman–Crippen MR) is 87.7 cm³/mol. The highest BCUT2D eigenvalue weighted by Gasteiger charge is 2.33. The molecule has 9 heteroatoms. The molecule has 6 nitrogen and oxygen atoms in total. The van der Waals surface area contributed by atoms with Crippen molar-refractivity contribution in [3.8, 4) is 0 Å². The number of hydrogen-bond donors (Lipinski definition) is 2. The van der Waals surface area contributed by atoms with Gasteiger partial charge >= 0.3 is 5.97 Å². The van der Waals surface area contributed by atoms with E-state index >= 15 is 0 Å². The molecule has 0 aromatic heterocycles. The average molecular weight is 369 g/mol. The number of methoxy groups -OCH3 is 1. The molecule has 3 N–H and O–H groups in total. The van der Waals surface area contributed by atoms with Gasteiger partial charge in [-0.1, -0.05) is 13.8 Å². The van der Waals surface area contributed by atoms with Crippen LogP contribution in [0.2, 0.25) is 0 Å². The quantitative estimate of drug-likeness (QED) is 0.715. The molecule has 1 aromatic carbocycles. The minimum atomic E-state index is -4.05. The van der Waals surface area contributed by atoms with Crippen LogP contribution in [0.3, 0.4) is 0 Å². The van der Waals surface area contributed by atoms with Gasteiger partial charge in [-0.25, -0.2) is 22.3 Å². The van der Waals surface area contributed by atoms with E-state index < -0.39 is 27.3 Å². The Kier molecular flexibility index (Phi) is 8.13. The van der Waals surface area contributed by atoms with E-state index in [1.54, 1.807) is 0 Å². The summed E-state index contributed by atoms with van der Waals surface area (Å²) in [6.45, 7) is 3.73. The van der Waals surface area contributed by atoms with Crippen LogP contribution in [0, 0.1) is 5.82 Å². The fraction of sp³-hybridized carbons (Fsp3) is 0.500. The summed E-state index contributed by atoms with van der Waals surface area (Å²) in [5.41, 5.74) is 4.51.